The summed E-state index contributed by atoms with van der Waals surface area (Å²) < 4.78 is 1.62. The fourth-order valence-electron chi connectivity index (χ4n) is 4.78. The zero-order valence-corrected chi connectivity index (χ0v) is 16.9. The molecule has 5 nitrogen and oxygen atoms in total. The highest BCUT2D eigenvalue weighted by molar-refractivity contribution is 6.30. The van der Waals surface area contributed by atoms with Crippen molar-refractivity contribution < 1.29 is 0 Å². The lowest BCUT2D eigenvalue weighted by molar-refractivity contribution is 0.387. The summed E-state index contributed by atoms with van der Waals surface area (Å²) in [5, 5.41) is 1.30. The van der Waals surface area contributed by atoms with Crippen LogP contribution in [0.1, 0.15) is 0 Å². The van der Waals surface area contributed by atoms with Crippen molar-refractivity contribution >= 4 is 28.2 Å². The molecule has 0 spiro atoms. The Kier molecular flexibility index (Phi) is 4.18. The molecule has 2 aliphatic heterocycles. The van der Waals surface area contributed by atoms with Crippen LogP contribution in [-0.4, -0.2) is 47.7 Å². The molecule has 0 aliphatic carbocycles. The molecule has 3 aromatic rings. The molecule has 0 N–H and O–H groups in total. The van der Waals surface area contributed by atoms with Gasteiger partial charge in [0.05, 0.1) is 10.9 Å². The highest BCUT2D eigenvalue weighted by Crippen LogP contribution is 2.34. The van der Waals surface area contributed by atoms with Crippen molar-refractivity contribution in [2.24, 2.45) is 18.9 Å². The Labute approximate surface area is 169 Å². The molecular weight excluding hydrogens is 372 g/mol. The van der Waals surface area contributed by atoms with Gasteiger partial charge in [-0.25, -0.2) is 4.98 Å². The quantitative estimate of drug-likeness (QED) is 0.669. The van der Waals surface area contributed by atoms with Gasteiger partial charge in [-0.05, 0) is 49.2 Å². The molecular formula is C22H23ClN4O. The maximum Gasteiger partial charge on any atom is 0.261 e. The van der Waals surface area contributed by atoms with Gasteiger partial charge in [0.1, 0.15) is 5.82 Å². The van der Waals surface area contributed by atoms with Gasteiger partial charge < -0.3 is 9.80 Å². The van der Waals surface area contributed by atoms with E-state index in [0.29, 0.717) is 16.2 Å². The van der Waals surface area contributed by atoms with Gasteiger partial charge in [-0.3, -0.25) is 9.36 Å². The van der Waals surface area contributed by atoms with Crippen molar-refractivity contribution in [2.45, 2.75) is 0 Å². The molecule has 0 saturated carbocycles. The number of likely N-dealkylation sites (tertiary alicyclic amines) is 1. The van der Waals surface area contributed by atoms with Crippen LogP contribution in [-0.2, 0) is 7.05 Å². The van der Waals surface area contributed by atoms with E-state index in [2.05, 4.69) is 22.9 Å². The molecule has 0 radical (unpaired) electrons. The van der Waals surface area contributed by atoms with Crippen LogP contribution in [0.4, 0.5) is 5.69 Å². The van der Waals surface area contributed by atoms with Gasteiger partial charge in [0.2, 0.25) is 0 Å². The standard InChI is InChI=1S/C22H23ClN4O/c1-25-10-15-12-27(13-16(15)11-25)18-6-7-20-19(9-18)22(28)26(2)21(24-20)14-4-3-5-17(23)8-14/h3-9,15-16H,10-13H2,1-2H3. The lowest BCUT2D eigenvalue weighted by Crippen LogP contribution is -2.27. The van der Waals surface area contributed by atoms with Crippen LogP contribution in [0.15, 0.2) is 47.3 Å². The normalized spacial score (nSPS) is 22.2. The Morgan fingerprint density at radius 3 is 2.46 bits per heavy atom. The van der Waals surface area contributed by atoms with Gasteiger partial charge in [-0.2, -0.15) is 0 Å². The molecule has 2 aromatic carbocycles. The highest BCUT2D eigenvalue weighted by Gasteiger charge is 2.38. The first kappa shape index (κ1) is 17.7. The van der Waals surface area contributed by atoms with Crippen LogP contribution in [0.25, 0.3) is 22.3 Å². The van der Waals surface area contributed by atoms with Crippen LogP contribution in [0.3, 0.4) is 0 Å². The summed E-state index contributed by atoms with van der Waals surface area (Å²) in [6.45, 7) is 4.46. The van der Waals surface area contributed by atoms with Crippen LogP contribution < -0.4 is 10.5 Å². The minimum absolute atomic E-state index is 0.0269. The molecule has 0 amide bonds. The van der Waals surface area contributed by atoms with Gasteiger partial charge in [0.25, 0.3) is 5.56 Å². The molecule has 2 aliphatic rings. The second-order valence-electron chi connectivity index (χ2n) is 8.16. The number of fused-ring (bicyclic) bond motifs is 2. The third kappa shape index (κ3) is 2.90. The van der Waals surface area contributed by atoms with Gasteiger partial charge in [0, 0.05) is 49.5 Å². The topological polar surface area (TPSA) is 41.4 Å². The summed E-state index contributed by atoms with van der Waals surface area (Å²) in [6.07, 6.45) is 0. The van der Waals surface area contributed by atoms with E-state index in [1.165, 1.54) is 13.1 Å². The summed E-state index contributed by atoms with van der Waals surface area (Å²) in [7, 11) is 3.97. The zero-order chi connectivity index (χ0) is 19.4. The summed E-state index contributed by atoms with van der Waals surface area (Å²) >= 11 is 6.12. The molecule has 2 fully saturated rings. The molecule has 0 bridgehead atoms. The van der Waals surface area contributed by atoms with E-state index in [1.54, 1.807) is 11.6 Å². The van der Waals surface area contributed by atoms with Gasteiger partial charge in [-0.1, -0.05) is 23.7 Å². The fourth-order valence-corrected chi connectivity index (χ4v) is 4.97. The zero-order valence-electron chi connectivity index (χ0n) is 16.1. The summed E-state index contributed by atoms with van der Waals surface area (Å²) in [5.41, 5.74) is 2.66. The van der Waals surface area contributed by atoms with Crippen molar-refractivity contribution in [1.29, 1.82) is 0 Å². The second-order valence-corrected chi connectivity index (χ2v) is 8.59. The van der Waals surface area contributed by atoms with E-state index in [9.17, 15) is 4.79 Å². The molecule has 28 heavy (non-hydrogen) atoms. The molecule has 1 aromatic heterocycles. The Morgan fingerprint density at radius 2 is 1.75 bits per heavy atom. The lowest BCUT2D eigenvalue weighted by Gasteiger charge is -2.22. The van der Waals surface area contributed by atoms with E-state index >= 15 is 0 Å². The molecule has 2 atom stereocenters. The number of nitrogens with zero attached hydrogens (tertiary/aromatic N) is 4. The average molecular weight is 395 g/mol. The molecule has 144 valence electrons. The minimum Gasteiger partial charge on any atom is -0.371 e. The van der Waals surface area contributed by atoms with E-state index in [1.807, 2.05) is 36.4 Å². The fraction of sp³-hybridized carbons (Fsp3) is 0.364. The summed E-state index contributed by atoms with van der Waals surface area (Å²) in [6, 6.07) is 13.5. The minimum atomic E-state index is -0.0269. The largest absolute Gasteiger partial charge is 0.371 e. The molecule has 3 heterocycles. The number of hydrogen-bond donors (Lipinski definition) is 0. The van der Waals surface area contributed by atoms with Gasteiger partial charge in [0.15, 0.2) is 0 Å². The first-order chi connectivity index (χ1) is 13.5. The maximum absolute atomic E-state index is 13.1. The number of rotatable bonds is 2. The molecule has 5 rings (SSSR count). The number of halogens is 1. The van der Waals surface area contributed by atoms with Crippen LogP contribution in [0.5, 0.6) is 0 Å². The predicted octanol–water partition coefficient (Wildman–Crippen LogP) is 3.25. The van der Waals surface area contributed by atoms with Gasteiger partial charge in [-0.15, -0.1) is 0 Å². The number of anilines is 1. The van der Waals surface area contributed by atoms with Crippen molar-refractivity contribution in [3.63, 3.8) is 0 Å². The number of benzene rings is 2. The smallest absolute Gasteiger partial charge is 0.261 e. The van der Waals surface area contributed by atoms with Crippen molar-refractivity contribution in [1.82, 2.24) is 14.5 Å². The first-order valence-corrected chi connectivity index (χ1v) is 10.1. The van der Waals surface area contributed by atoms with Crippen molar-refractivity contribution in [2.75, 3.05) is 38.1 Å². The second kappa shape index (κ2) is 6.61. The van der Waals surface area contributed by atoms with Crippen LogP contribution in [0, 0.1) is 11.8 Å². The Hall–Kier alpha value is -2.37. The first-order valence-electron chi connectivity index (χ1n) is 9.70. The third-order valence-corrected chi connectivity index (χ3v) is 6.41. The van der Waals surface area contributed by atoms with E-state index in [0.717, 1.165) is 41.7 Å². The molecule has 6 heteroatoms. The SMILES string of the molecule is CN1CC2CN(c3ccc4nc(-c5cccc(Cl)c5)n(C)c(=O)c4c3)CC2C1. The van der Waals surface area contributed by atoms with E-state index in [-0.39, 0.29) is 5.56 Å². The van der Waals surface area contributed by atoms with Gasteiger partial charge >= 0.3 is 0 Å². The van der Waals surface area contributed by atoms with E-state index < -0.39 is 0 Å². The predicted molar refractivity (Wildman–Crippen MR) is 114 cm³/mol. The summed E-state index contributed by atoms with van der Waals surface area (Å²) in [4.78, 5) is 22.7. The maximum atomic E-state index is 13.1. The monoisotopic (exact) mass is 394 g/mol. The Bertz CT molecular complexity index is 1110. The van der Waals surface area contributed by atoms with Crippen LogP contribution in [0.2, 0.25) is 5.02 Å². The number of hydrogen-bond acceptors (Lipinski definition) is 4. The van der Waals surface area contributed by atoms with Crippen molar-refractivity contribution in [3.8, 4) is 11.4 Å². The highest BCUT2D eigenvalue weighted by atomic mass is 35.5. The third-order valence-electron chi connectivity index (χ3n) is 6.18. The number of aromatic nitrogens is 2. The van der Waals surface area contributed by atoms with E-state index in [4.69, 9.17) is 16.6 Å². The lowest BCUT2D eigenvalue weighted by atomic mass is 10.0. The average Bonchev–Trinajstić information content (AvgIpc) is 3.22. The summed E-state index contributed by atoms with van der Waals surface area (Å²) in [5.74, 6) is 2.09. The van der Waals surface area contributed by atoms with Crippen molar-refractivity contribution in [3.05, 3.63) is 57.8 Å². The Morgan fingerprint density at radius 1 is 1.00 bits per heavy atom. The van der Waals surface area contributed by atoms with Crippen LogP contribution >= 0.6 is 11.6 Å². The Balaban J connectivity index is 1.54. The molecule has 2 saturated heterocycles. The molecule has 2 unspecified atom stereocenters.